The van der Waals surface area contributed by atoms with Crippen LogP contribution in [0.15, 0.2) is 12.1 Å². The summed E-state index contributed by atoms with van der Waals surface area (Å²) in [7, 11) is 0. The second-order valence-electron chi connectivity index (χ2n) is 6.14. The van der Waals surface area contributed by atoms with Gasteiger partial charge in [0.1, 0.15) is 0 Å². The van der Waals surface area contributed by atoms with Gasteiger partial charge in [-0.2, -0.15) is 0 Å². The molecule has 0 radical (unpaired) electrons. The molecule has 1 aromatic carbocycles. The van der Waals surface area contributed by atoms with Crippen molar-refractivity contribution < 1.29 is 14.7 Å². The van der Waals surface area contributed by atoms with E-state index in [0.717, 1.165) is 0 Å². The quantitative estimate of drug-likeness (QED) is 0.840. The Balaban J connectivity index is 2.89. The molecule has 1 unspecified atom stereocenters. The monoisotopic (exact) mass is 331 g/mol. The number of anilines is 1. The molecule has 0 aliphatic rings. The van der Waals surface area contributed by atoms with Gasteiger partial charge in [-0.25, -0.2) is 4.79 Å². The van der Waals surface area contributed by atoms with Gasteiger partial charge < -0.3 is 10.4 Å². The zero-order valence-electron chi connectivity index (χ0n) is 12.5. The molecule has 116 valence electrons. The Hall–Kier alpha value is -1.26. The fraction of sp³-hybridized carbons (Fsp3) is 0.467. The SMILES string of the molecule is CC(CC(=O)Nc1c(Cl)cc(C(=O)O)cc1Cl)C(C)(C)C. The molecule has 1 amide bonds. The van der Waals surface area contributed by atoms with Crippen LogP contribution in [0.5, 0.6) is 0 Å². The van der Waals surface area contributed by atoms with Gasteiger partial charge >= 0.3 is 5.97 Å². The van der Waals surface area contributed by atoms with Crippen LogP contribution < -0.4 is 5.32 Å². The highest BCUT2D eigenvalue weighted by molar-refractivity contribution is 6.40. The molecule has 1 atom stereocenters. The minimum atomic E-state index is -1.13. The fourth-order valence-corrected chi connectivity index (χ4v) is 2.17. The summed E-state index contributed by atoms with van der Waals surface area (Å²) in [5.41, 5.74) is 0.235. The number of rotatable bonds is 4. The van der Waals surface area contributed by atoms with Crippen LogP contribution in [0.3, 0.4) is 0 Å². The van der Waals surface area contributed by atoms with Gasteiger partial charge in [-0.15, -0.1) is 0 Å². The van der Waals surface area contributed by atoms with E-state index in [0.29, 0.717) is 6.42 Å². The number of halogens is 2. The molecule has 1 rings (SSSR count). The fourth-order valence-electron chi connectivity index (χ4n) is 1.59. The second kappa shape index (κ2) is 6.67. The topological polar surface area (TPSA) is 66.4 Å². The van der Waals surface area contributed by atoms with Crippen LogP contribution in [0, 0.1) is 11.3 Å². The standard InChI is InChI=1S/C15H19Cl2NO3/c1-8(15(2,3)4)5-12(19)18-13-10(16)6-9(14(20)21)7-11(13)17/h6-8H,5H2,1-4H3,(H,18,19)(H,20,21). The molecular weight excluding hydrogens is 313 g/mol. The molecule has 21 heavy (non-hydrogen) atoms. The van der Waals surface area contributed by atoms with Crippen LogP contribution in [0.25, 0.3) is 0 Å². The first-order valence-corrected chi connectivity index (χ1v) is 7.30. The molecule has 0 spiro atoms. The molecule has 0 saturated heterocycles. The van der Waals surface area contributed by atoms with Gasteiger partial charge in [0.2, 0.25) is 5.91 Å². The number of carbonyl (C=O) groups is 2. The van der Waals surface area contributed by atoms with Gasteiger partial charge in [-0.3, -0.25) is 4.79 Å². The molecule has 4 nitrogen and oxygen atoms in total. The summed E-state index contributed by atoms with van der Waals surface area (Å²) in [4.78, 5) is 22.9. The van der Waals surface area contributed by atoms with Crippen molar-refractivity contribution in [2.75, 3.05) is 5.32 Å². The largest absolute Gasteiger partial charge is 0.478 e. The maximum absolute atomic E-state index is 12.0. The van der Waals surface area contributed by atoms with Gasteiger partial charge in [0.25, 0.3) is 0 Å². The first kappa shape index (κ1) is 17.8. The third kappa shape index (κ3) is 4.90. The Morgan fingerprint density at radius 3 is 2.10 bits per heavy atom. The lowest BCUT2D eigenvalue weighted by Gasteiger charge is -2.26. The summed E-state index contributed by atoms with van der Waals surface area (Å²) in [6, 6.07) is 2.52. The molecule has 0 aliphatic heterocycles. The lowest BCUT2D eigenvalue weighted by atomic mass is 9.80. The van der Waals surface area contributed by atoms with Crippen molar-refractivity contribution in [3.8, 4) is 0 Å². The van der Waals surface area contributed by atoms with Gasteiger partial charge in [0.15, 0.2) is 0 Å². The molecule has 0 fully saturated rings. The summed E-state index contributed by atoms with van der Waals surface area (Å²) >= 11 is 12.0. The summed E-state index contributed by atoms with van der Waals surface area (Å²) in [6.45, 7) is 8.18. The van der Waals surface area contributed by atoms with Crippen LogP contribution in [-0.4, -0.2) is 17.0 Å². The third-order valence-corrected chi connectivity index (χ3v) is 4.12. The third-order valence-electron chi connectivity index (χ3n) is 3.52. The van der Waals surface area contributed by atoms with E-state index in [1.165, 1.54) is 12.1 Å². The highest BCUT2D eigenvalue weighted by Gasteiger charge is 2.23. The number of carbonyl (C=O) groups excluding carboxylic acids is 1. The predicted molar refractivity (Wildman–Crippen MR) is 85.3 cm³/mol. The Morgan fingerprint density at radius 1 is 1.24 bits per heavy atom. The smallest absolute Gasteiger partial charge is 0.335 e. The minimum Gasteiger partial charge on any atom is -0.478 e. The Bertz CT molecular complexity index is 542. The Labute approximate surface area is 134 Å². The number of carboxylic acids is 1. The number of amides is 1. The van der Waals surface area contributed by atoms with E-state index in [1.54, 1.807) is 0 Å². The predicted octanol–water partition coefficient (Wildman–Crippen LogP) is 4.70. The second-order valence-corrected chi connectivity index (χ2v) is 6.95. The summed E-state index contributed by atoms with van der Waals surface area (Å²) in [6.07, 6.45) is 0.330. The number of aromatic carboxylic acids is 1. The summed E-state index contributed by atoms with van der Waals surface area (Å²) in [5, 5.41) is 11.8. The average molecular weight is 332 g/mol. The van der Waals surface area contributed by atoms with Gasteiger partial charge in [0, 0.05) is 6.42 Å². The van der Waals surface area contributed by atoms with Gasteiger partial charge in [-0.1, -0.05) is 50.9 Å². The van der Waals surface area contributed by atoms with E-state index >= 15 is 0 Å². The van der Waals surface area contributed by atoms with Crippen LogP contribution in [0.2, 0.25) is 10.0 Å². The van der Waals surface area contributed by atoms with Crippen molar-refractivity contribution >= 4 is 40.8 Å². The molecule has 0 aromatic heterocycles. The maximum Gasteiger partial charge on any atom is 0.335 e. The molecule has 0 heterocycles. The van der Waals surface area contributed by atoms with E-state index in [1.807, 2.05) is 6.92 Å². The Morgan fingerprint density at radius 2 is 1.71 bits per heavy atom. The zero-order valence-corrected chi connectivity index (χ0v) is 14.0. The van der Waals surface area contributed by atoms with E-state index in [9.17, 15) is 9.59 Å². The Kier molecular flexibility index (Phi) is 5.65. The lowest BCUT2D eigenvalue weighted by molar-refractivity contribution is -0.117. The van der Waals surface area contributed by atoms with E-state index in [2.05, 4.69) is 26.1 Å². The molecular formula is C15H19Cl2NO3. The number of hydrogen-bond acceptors (Lipinski definition) is 2. The lowest BCUT2D eigenvalue weighted by Crippen LogP contribution is -2.24. The first-order chi connectivity index (χ1) is 9.52. The van der Waals surface area contributed by atoms with E-state index in [-0.39, 0.29) is 38.5 Å². The highest BCUT2D eigenvalue weighted by Crippen LogP contribution is 2.33. The van der Waals surface area contributed by atoms with E-state index in [4.69, 9.17) is 28.3 Å². The molecule has 0 saturated carbocycles. The van der Waals surface area contributed by atoms with Crippen molar-refractivity contribution in [3.63, 3.8) is 0 Å². The maximum atomic E-state index is 12.0. The van der Waals surface area contributed by atoms with Crippen molar-refractivity contribution in [2.24, 2.45) is 11.3 Å². The van der Waals surface area contributed by atoms with Gasteiger partial charge in [0.05, 0.1) is 21.3 Å². The highest BCUT2D eigenvalue weighted by atomic mass is 35.5. The van der Waals surface area contributed by atoms with Crippen LogP contribution in [0.4, 0.5) is 5.69 Å². The number of benzene rings is 1. The van der Waals surface area contributed by atoms with Crippen molar-refractivity contribution in [3.05, 3.63) is 27.7 Å². The average Bonchev–Trinajstić information content (AvgIpc) is 2.32. The van der Waals surface area contributed by atoms with E-state index < -0.39 is 5.97 Å². The van der Waals surface area contributed by atoms with Crippen LogP contribution in [0.1, 0.15) is 44.5 Å². The van der Waals surface area contributed by atoms with Crippen molar-refractivity contribution in [1.82, 2.24) is 0 Å². The summed E-state index contributed by atoms with van der Waals surface area (Å²) < 4.78 is 0. The minimum absolute atomic E-state index is 0.0120. The molecule has 2 N–H and O–H groups in total. The number of nitrogens with one attached hydrogen (secondary N) is 1. The van der Waals surface area contributed by atoms with Crippen molar-refractivity contribution in [2.45, 2.75) is 34.1 Å². The van der Waals surface area contributed by atoms with Crippen LogP contribution >= 0.6 is 23.2 Å². The molecule has 0 aliphatic carbocycles. The molecule has 1 aromatic rings. The molecule has 6 heteroatoms. The zero-order chi connectivity index (χ0) is 16.4. The first-order valence-electron chi connectivity index (χ1n) is 6.54. The number of carboxylic acid groups (broad SMARTS) is 1. The summed E-state index contributed by atoms with van der Waals surface area (Å²) in [5.74, 6) is -1.16. The molecule has 0 bridgehead atoms. The van der Waals surface area contributed by atoms with Crippen molar-refractivity contribution in [1.29, 1.82) is 0 Å². The normalized spacial score (nSPS) is 12.9. The van der Waals surface area contributed by atoms with Gasteiger partial charge in [-0.05, 0) is 23.5 Å². The number of hydrogen-bond donors (Lipinski definition) is 2. The van der Waals surface area contributed by atoms with Crippen LogP contribution in [-0.2, 0) is 4.79 Å².